The molecule has 1 unspecified atom stereocenters. The van der Waals surface area contributed by atoms with E-state index in [1.165, 1.54) is 57.0 Å². The fraction of sp³-hybridized carbons (Fsp3) is 0.667. The molecule has 1 aromatic carbocycles. The summed E-state index contributed by atoms with van der Waals surface area (Å²) in [5, 5.41) is 12.4. The van der Waals surface area contributed by atoms with Crippen LogP contribution in [0.15, 0.2) is 12.1 Å². The number of carbonyl (C=O) groups is 1. The minimum absolute atomic E-state index is 0.117. The molecule has 3 nitrogen and oxygen atoms in total. The van der Waals surface area contributed by atoms with Crippen LogP contribution in [0.3, 0.4) is 0 Å². The van der Waals surface area contributed by atoms with Crippen LogP contribution >= 0.6 is 7.26 Å². The Bertz CT molecular complexity index is 633. The van der Waals surface area contributed by atoms with Crippen molar-refractivity contribution in [3.8, 4) is 6.07 Å². The summed E-state index contributed by atoms with van der Waals surface area (Å²) < 4.78 is 0. The molecule has 0 aromatic heterocycles. The van der Waals surface area contributed by atoms with E-state index in [9.17, 15) is 4.79 Å². The molecule has 1 amide bonds. The Balaban J connectivity index is 3.13. The molecule has 0 saturated carbocycles. The number of amides is 1. The third-order valence-electron chi connectivity index (χ3n) is 6.31. The summed E-state index contributed by atoms with van der Waals surface area (Å²) >= 11 is 0. The van der Waals surface area contributed by atoms with Crippen LogP contribution in [0.4, 0.5) is 5.69 Å². The summed E-state index contributed by atoms with van der Waals surface area (Å²) in [4.78, 5) is 13.4. The predicted octanol–water partition coefficient (Wildman–Crippen LogP) is 6.65. The zero-order valence-electron chi connectivity index (χ0n) is 19.0. The number of nitriles is 1. The molecule has 1 N–H and O–H groups in total. The van der Waals surface area contributed by atoms with Crippen molar-refractivity contribution in [1.82, 2.24) is 0 Å². The van der Waals surface area contributed by atoms with Crippen LogP contribution in [-0.2, 0) is 4.79 Å². The van der Waals surface area contributed by atoms with E-state index in [1.54, 1.807) is 0 Å². The number of rotatable bonds is 12. The van der Waals surface area contributed by atoms with Crippen molar-refractivity contribution >= 4 is 18.9 Å². The van der Waals surface area contributed by atoms with Gasteiger partial charge in [-0.1, -0.05) is 0 Å². The molecular weight excluding hydrogens is 363 g/mol. The van der Waals surface area contributed by atoms with Gasteiger partial charge in [-0.05, 0) is 0 Å². The second-order valence-electron chi connectivity index (χ2n) is 8.48. The summed E-state index contributed by atoms with van der Waals surface area (Å²) in [5.41, 5.74) is 3.60. The molecule has 0 aliphatic heterocycles. The van der Waals surface area contributed by atoms with Crippen molar-refractivity contribution < 1.29 is 4.79 Å². The van der Waals surface area contributed by atoms with Gasteiger partial charge in [0.1, 0.15) is 0 Å². The van der Waals surface area contributed by atoms with Crippen molar-refractivity contribution in [2.75, 3.05) is 23.8 Å². The number of hydrogen-bond donors (Lipinski definition) is 1. The number of aryl methyl sites for hydroxylation is 2. The van der Waals surface area contributed by atoms with Crippen molar-refractivity contribution in [2.45, 2.75) is 85.7 Å². The van der Waals surface area contributed by atoms with Gasteiger partial charge in [0, 0.05) is 0 Å². The Morgan fingerprint density at radius 3 is 1.79 bits per heavy atom. The third kappa shape index (κ3) is 6.59. The minimum atomic E-state index is -1.70. The van der Waals surface area contributed by atoms with E-state index in [0.29, 0.717) is 5.56 Å². The van der Waals surface area contributed by atoms with Crippen molar-refractivity contribution in [3.05, 3.63) is 28.8 Å². The summed E-state index contributed by atoms with van der Waals surface area (Å²) in [7, 11) is -1.70. The molecule has 158 valence electrons. The molecule has 0 bridgehead atoms. The number of carbonyl (C=O) groups excluding carboxylic acids is 1. The van der Waals surface area contributed by atoms with Gasteiger partial charge in [0.15, 0.2) is 0 Å². The predicted molar refractivity (Wildman–Crippen MR) is 126 cm³/mol. The fourth-order valence-electron chi connectivity index (χ4n) is 4.35. The molecule has 0 saturated heterocycles. The van der Waals surface area contributed by atoms with Gasteiger partial charge in [-0.15, -0.1) is 0 Å². The van der Waals surface area contributed by atoms with Crippen LogP contribution in [0.1, 0.15) is 82.9 Å². The van der Waals surface area contributed by atoms with Gasteiger partial charge in [0.05, 0.1) is 0 Å². The Morgan fingerprint density at radius 2 is 1.43 bits per heavy atom. The summed E-state index contributed by atoms with van der Waals surface area (Å²) in [6.07, 6.45) is 11.1. The van der Waals surface area contributed by atoms with Crippen LogP contribution < -0.4 is 5.32 Å². The van der Waals surface area contributed by atoms with Crippen LogP contribution in [0.2, 0.25) is 0 Å². The number of nitrogens with one attached hydrogen (secondary N) is 1. The van der Waals surface area contributed by atoms with Gasteiger partial charge in [0.2, 0.25) is 0 Å². The van der Waals surface area contributed by atoms with Crippen molar-refractivity contribution in [1.29, 1.82) is 5.26 Å². The number of unbranched alkanes of at least 4 members (excludes halogenated alkanes) is 3. The Hall–Kier alpha value is -1.39. The van der Waals surface area contributed by atoms with Crippen LogP contribution in [0, 0.1) is 25.2 Å². The molecule has 0 fully saturated rings. The number of anilines is 1. The van der Waals surface area contributed by atoms with Crippen LogP contribution in [0.5, 0.6) is 0 Å². The average molecular weight is 405 g/mol. The quantitative estimate of drug-likeness (QED) is 0.396. The fourth-order valence-corrected chi connectivity index (χ4v) is 10.2. The Morgan fingerprint density at radius 1 is 1.00 bits per heavy atom. The van der Waals surface area contributed by atoms with E-state index < -0.39 is 7.26 Å². The van der Waals surface area contributed by atoms with E-state index in [0.717, 1.165) is 16.8 Å². The molecule has 1 atom stereocenters. The first-order chi connectivity index (χ1) is 13.3. The second-order valence-corrected chi connectivity index (χ2v) is 13.6. The van der Waals surface area contributed by atoms with Gasteiger partial charge in [-0.25, -0.2) is 0 Å². The molecule has 1 rings (SSSR count). The first kappa shape index (κ1) is 24.6. The first-order valence-corrected chi connectivity index (χ1v) is 13.9. The zero-order valence-corrected chi connectivity index (χ0v) is 20.0. The molecule has 1 aromatic rings. The van der Waals surface area contributed by atoms with Crippen LogP contribution in [0.25, 0.3) is 0 Å². The summed E-state index contributed by atoms with van der Waals surface area (Å²) in [6, 6.07) is 5.93. The first-order valence-electron chi connectivity index (χ1n) is 11.2. The SMILES string of the molecule is CCCC[PH](CCCC)(CCCC)C(C)C(=O)Nc1c(C)cc(C#N)cc1C. The van der Waals surface area contributed by atoms with Gasteiger partial charge < -0.3 is 0 Å². The molecule has 0 aliphatic carbocycles. The van der Waals surface area contributed by atoms with Gasteiger partial charge in [0.25, 0.3) is 0 Å². The maximum atomic E-state index is 13.4. The van der Waals surface area contributed by atoms with Gasteiger partial charge >= 0.3 is 173 Å². The number of benzene rings is 1. The normalized spacial score (nSPS) is 13.0. The number of nitrogens with zero attached hydrogens (tertiary/aromatic N) is 1. The second kappa shape index (κ2) is 12.2. The summed E-state index contributed by atoms with van der Waals surface area (Å²) in [5.74, 6) is 0.186. The standard InChI is InChI=1S/C24H41N2OP/c1-7-10-13-28(14-11-8-2,15-12-9-3)21(6)24(27)26-23-19(4)16-22(18-25)17-20(23)5/h16-17,21,28H,7-15H2,1-6H3,(H,26,27). The van der Waals surface area contributed by atoms with E-state index in [-0.39, 0.29) is 11.6 Å². The van der Waals surface area contributed by atoms with Gasteiger partial charge in [-0.3, -0.25) is 0 Å². The molecule has 0 heterocycles. The molecular formula is C24H41N2OP. The molecule has 28 heavy (non-hydrogen) atoms. The summed E-state index contributed by atoms with van der Waals surface area (Å²) in [6.45, 7) is 12.9. The van der Waals surface area contributed by atoms with E-state index >= 15 is 0 Å². The van der Waals surface area contributed by atoms with E-state index in [1.807, 2.05) is 26.0 Å². The topological polar surface area (TPSA) is 52.9 Å². The number of hydrogen-bond acceptors (Lipinski definition) is 2. The molecule has 0 spiro atoms. The monoisotopic (exact) mass is 404 g/mol. The van der Waals surface area contributed by atoms with Crippen molar-refractivity contribution in [3.63, 3.8) is 0 Å². The molecule has 4 heteroatoms. The van der Waals surface area contributed by atoms with Gasteiger partial charge in [-0.2, -0.15) is 0 Å². The molecule has 0 radical (unpaired) electrons. The van der Waals surface area contributed by atoms with E-state index in [4.69, 9.17) is 5.26 Å². The Labute approximate surface area is 173 Å². The van der Waals surface area contributed by atoms with Crippen LogP contribution in [-0.4, -0.2) is 30.1 Å². The maximum absolute atomic E-state index is 13.4. The Kier molecular flexibility index (Phi) is 10.8. The molecule has 0 aliphatic rings. The van der Waals surface area contributed by atoms with Crippen molar-refractivity contribution in [2.24, 2.45) is 0 Å². The van der Waals surface area contributed by atoms with E-state index in [2.05, 4.69) is 39.1 Å². The third-order valence-corrected chi connectivity index (χ3v) is 12.5. The zero-order chi connectivity index (χ0) is 21.2. The average Bonchev–Trinajstić information content (AvgIpc) is 2.69.